The van der Waals surface area contributed by atoms with Gasteiger partial charge in [-0.15, -0.1) is 0 Å². The van der Waals surface area contributed by atoms with Crippen molar-refractivity contribution < 1.29 is 24.2 Å². The molecule has 0 aliphatic carbocycles. The van der Waals surface area contributed by atoms with Crippen LogP contribution in [0.4, 0.5) is 0 Å². The summed E-state index contributed by atoms with van der Waals surface area (Å²) in [5.74, 6) is -2.50. The fourth-order valence-electron chi connectivity index (χ4n) is 4.18. The molecule has 0 saturated carbocycles. The van der Waals surface area contributed by atoms with Crippen molar-refractivity contribution in [2.24, 2.45) is 10.9 Å². The molecule has 1 aliphatic heterocycles. The first-order valence-corrected chi connectivity index (χ1v) is 11.3. The van der Waals surface area contributed by atoms with E-state index in [-0.39, 0.29) is 6.61 Å². The summed E-state index contributed by atoms with van der Waals surface area (Å²) >= 11 is 6.25. The number of rotatable bonds is 8. The Kier molecular flexibility index (Phi) is 8.42. The van der Waals surface area contributed by atoms with E-state index in [2.05, 4.69) is 4.99 Å². The summed E-state index contributed by atoms with van der Waals surface area (Å²) in [4.78, 5) is 30.6. The summed E-state index contributed by atoms with van der Waals surface area (Å²) in [7, 11) is 1.31. The summed E-state index contributed by atoms with van der Waals surface area (Å²) in [5, 5.41) is 11.2. The lowest BCUT2D eigenvalue weighted by atomic mass is 9.75. The lowest BCUT2D eigenvalue weighted by Crippen LogP contribution is -2.36. The van der Waals surface area contributed by atoms with Crippen LogP contribution in [0.25, 0.3) is 0 Å². The molecule has 174 valence electrons. The van der Waals surface area contributed by atoms with Crippen LogP contribution in [-0.4, -0.2) is 36.5 Å². The van der Waals surface area contributed by atoms with E-state index in [0.717, 1.165) is 5.56 Å². The van der Waals surface area contributed by atoms with Gasteiger partial charge in [-0.3, -0.25) is 9.79 Å². The molecule has 7 heteroatoms. The number of nitrogens with zero attached hydrogens (tertiary/aromatic N) is 1. The molecule has 0 spiro atoms. The monoisotopic (exact) mass is 469 g/mol. The Morgan fingerprint density at radius 2 is 1.88 bits per heavy atom. The maximum Gasteiger partial charge on any atom is 0.336 e. The van der Waals surface area contributed by atoms with Gasteiger partial charge in [-0.25, -0.2) is 4.79 Å². The summed E-state index contributed by atoms with van der Waals surface area (Å²) in [5.41, 5.74) is 2.79. The van der Waals surface area contributed by atoms with Gasteiger partial charge in [0.25, 0.3) is 0 Å². The molecule has 1 aliphatic rings. The maximum atomic E-state index is 13.2. The quantitative estimate of drug-likeness (QED) is 0.549. The summed E-state index contributed by atoms with van der Waals surface area (Å²) < 4.78 is 10.4. The lowest BCUT2D eigenvalue weighted by molar-refractivity contribution is -0.144. The number of halogens is 1. The third-order valence-electron chi connectivity index (χ3n) is 5.71. The van der Waals surface area contributed by atoms with E-state index in [0.29, 0.717) is 40.4 Å². The highest BCUT2D eigenvalue weighted by Gasteiger charge is 2.43. The molecule has 6 nitrogen and oxygen atoms in total. The number of methoxy groups -OCH3 is 1. The van der Waals surface area contributed by atoms with Crippen molar-refractivity contribution in [2.75, 3.05) is 13.7 Å². The van der Waals surface area contributed by atoms with Crippen LogP contribution in [0, 0.1) is 5.92 Å². The van der Waals surface area contributed by atoms with Crippen molar-refractivity contribution in [1.29, 1.82) is 0 Å². The molecule has 2 aromatic rings. The Hall–Kier alpha value is -2.96. The van der Waals surface area contributed by atoms with Crippen molar-refractivity contribution >= 4 is 29.3 Å². The van der Waals surface area contributed by atoms with Gasteiger partial charge in [0.15, 0.2) is 0 Å². The van der Waals surface area contributed by atoms with E-state index in [1.54, 1.807) is 32.0 Å². The topological polar surface area (TPSA) is 85.2 Å². The van der Waals surface area contributed by atoms with Crippen molar-refractivity contribution in [3.8, 4) is 0 Å². The number of hydrogen-bond acceptors (Lipinski definition) is 6. The predicted molar refractivity (Wildman–Crippen MR) is 127 cm³/mol. The van der Waals surface area contributed by atoms with E-state index in [4.69, 9.17) is 21.1 Å². The standard InChI is InChI=1S/C26H28ClNO5/c1-4-33-26(31)24-20(13-14-21(29)17-9-6-5-7-10-17)28-16(2)22(25(30)32-3)23(24)18-11-8-12-19(27)15-18/h5-12,15,21-23,29H,4,13-14H2,1-3H3. The first-order chi connectivity index (χ1) is 15.9. The van der Waals surface area contributed by atoms with E-state index >= 15 is 0 Å². The van der Waals surface area contributed by atoms with Gasteiger partial charge in [-0.2, -0.15) is 0 Å². The molecule has 3 rings (SSSR count). The first-order valence-electron chi connectivity index (χ1n) is 10.9. The first kappa shape index (κ1) is 24.7. The molecule has 0 bridgehead atoms. The number of benzene rings is 2. The number of aliphatic imine (C=N–C) groups is 1. The van der Waals surface area contributed by atoms with Gasteiger partial charge in [0.2, 0.25) is 0 Å². The second-order valence-corrected chi connectivity index (χ2v) is 8.27. The fraction of sp³-hybridized carbons (Fsp3) is 0.346. The number of esters is 2. The van der Waals surface area contributed by atoms with Gasteiger partial charge in [0.1, 0.15) is 5.92 Å². The number of aliphatic hydroxyl groups is 1. The zero-order chi connectivity index (χ0) is 24.0. The second kappa shape index (κ2) is 11.3. The Morgan fingerprint density at radius 3 is 2.52 bits per heavy atom. The minimum atomic E-state index is -0.796. The number of ether oxygens (including phenoxy) is 2. The molecule has 0 aromatic heterocycles. The zero-order valence-corrected chi connectivity index (χ0v) is 19.7. The molecule has 0 amide bonds. The number of allylic oxidation sites excluding steroid dienone is 1. The number of hydrogen-bond donors (Lipinski definition) is 1. The zero-order valence-electron chi connectivity index (χ0n) is 19.0. The molecular weight excluding hydrogens is 442 g/mol. The van der Waals surface area contributed by atoms with Crippen LogP contribution in [0.5, 0.6) is 0 Å². The van der Waals surface area contributed by atoms with E-state index < -0.39 is 29.9 Å². The maximum absolute atomic E-state index is 13.2. The Balaban J connectivity index is 2.08. The van der Waals surface area contributed by atoms with E-state index in [9.17, 15) is 14.7 Å². The van der Waals surface area contributed by atoms with Crippen LogP contribution in [0.15, 0.2) is 70.9 Å². The second-order valence-electron chi connectivity index (χ2n) is 7.83. The highest BCUT2D eigenvalue weighted by molar-refractivity contribution is 6.30. The molecule has 1 heterocycles. The SMILES string of the molecule is CCOC(=O)C1=C(CCC(O)c2ccccc2)N=C(C)C(C(=O)OC)C1c1cccc(Cl)c1. The molecule has 33 heavy (non-hydrogen) atoms. The van der Waals surface area contributed by atoms with Crippen LogP contribution in [-0.2, 0) is 19.1 Å². The van der Waals surface area contributed by atoms with Gasteiger partial charge in [-0.05, 0) is 49.9 Å². The van der Waals surface area contributed by atoms with Crippen LogP contribution in [0.2, 0.25) is 5.02 Å². The number of aliphatic hydroxyl groups excluding tert-OH is 1. The normalized spacial score (nSPS) is 19.0. The van der Waals surface area contributed by atoms with Crippen molar-refractivity contribution in [2.45, 2.75) is 38.7 Å². The van der Waals surface area contributed by atoms with Crippen LogP contribution >= 0.6 is 11.6 Å². The average Bonchev–Trinajstić information content (AvgIpc) is 2.82. The average molecular weight is 470 g/mol. The summed E-state index contributed by atoms with van der Waals surface area (Å²) in [6.45, 7) is 3.64. The van der Waals surface area contributed by atoms with E-state index in [1.165, 1.54) is 7.11 Å². The third kappa shape index (κ3) is 5.70. The van der Waals surface area contributed by atoms with Crippen LogP contribution < -0.4 is 0 Å². The molecule has 0 saturated heterocycles. The van der Waals surface area contributed by atoms with Gasteiger partial charge in [-0.1, -0.05) is 54.1 Å². The van der Waals surface area contributed by atoms with Gasteiger partial charge < -0.3 is 14.6 Å². The molecule has 0 fully saturated rings. The summed E-state index contributed by atoms with van der Waals surface area (Å²) in [6.07, 6.45) is -0.0444. The molecule has 0 radical (unpaired) electrons. The van der Waals surface area contributed by atoms with Crippen LogP contribution in [0.1, 0.15) is 49.8 Å². The lowest BCUT2D eigenvalue weighted by Gasteiger charge is -2.32. The highest BCUT2D eigenvalue weighted by Crippen LogP contribution is 2.42. The minimum absolute atomic E-state index is 0.177. The predicted octanol–water partition coefficient (Wildman–Crippen LogP) is 5.02. The Bertz CT molecular complexity index is 1060. The van der Waals surface area contributed by atoms with Gasteiger partial charge >= 0.3 is 11.9 Å². The van der Waals surface area contributed by atoms with E-state index in [1.807, 2.05) is 36.4 Å². The van der Waals surface area contributed by atoms with Crippen molar-refractivity contribution in [1.82, 2.24) is 0 Å². The van der Waals surface area contributed by atoms with Gasteiger partial charge in [0, 0.05) is 16.7 Å². The summed E-state index contributed by atoms with van der Waals surface area (Å²) in [6, 6.07) is 16.4. The molecular formula is C26H28ClNO5. The van der Waals surface area contributed by atoms with Gasteiger partial charge in [0.05, 0.1) is 31.1 Å². The molecule has 2 aromatic carbocycles. The smallest absolute Gasteiger partial charge is 0.336 e. The van der Waals surface area contributed by atoms with Crippen molar-refractivity contribution in [3.63, 3.8) is 0 Å². The Morgan fingerprint density at radius 1 is 1.15 bits per heavy atom. The number of carbonyl (C=O) groups excluding carboxylic acids is 2. The minimum Gasteiger partial charge on any atom is -0.468 e. The molecule has 3 unspecified atom stereocenters. The highest BCUT2D eigenvalue weighted by atomic mass is 35.5. The van der Waals surface area contributed by atoms with Crippen molar-refractivity contribution in [3.05, 3.63) is 82.0 Å². The fourth-order valence-corrected chi connectivity index (χ4v) is 4.38. The Labute approximate surface area is 198 Å². The number of carbonyl (C=O) groups is 2. The van der Waals surface area contributed by atoms with Crippen LogP contribution in [0.3, 0.4) is 0 Å². The largest absolute Gasteiger partial charge is 0.468 e. The third-order valence-corrected chi connectivity index (χ3v) is 5.95. The molecule has 3 atom stereocenters. The molecule has 1 N–H and O–H groups in total.